The van der Waals surface area contributed by atoms with Gasteiger partial charge in [-0.25, -0.2) is 0 Å². The summed E-state index contributed by atoms with van der Waals surface area (Å²) in [6.07, 6.45) is -1.63. The monoisotopic (exact) mass is 347 g/mol. The van der Waals surface area contributed by atoms with Crippen molar-refractivity contribution in [2.24, 2.45) is 5.10 Å². The fraction of sp³-hybridized carbons (Fsp3) is 0.0769. The SMILES string of the molecule is FC(F)(F)c1ccc(Cl)c(NC(=S)N/N=C\c2ccco2)c1. The van der Waals surface area contributed by atoms with Gasteiger partial charge in [-0.15, -0.1) is 0 Å². The van der Waals surface area contributed by atoms with Crippen molar-refractivity contribution in [2.75, 3.05) is 5.32 Å². The Morgan fingerprint density at radius 2 is 2.09 bits per heavy atom. The van der Waals surface area contributed by atoms with Crippen LogP contribution in [0.5, 0.6) is 0 Å². The highest BCUT2D eigenvalue weighted by molar-refractivity contribution is 7.80. The van der Waals surface area contributed by atoms with E-state index < -0.39 is 11.7 Å². The molecule has 0 amide bonds. The number of halogens is 4. The highest BCUT2D eigenvalue weighted by Gasteiger charge is 2.31. The summed E-state index contributed by atoms with van der Waals surface area (Å²) in [5.41, 5.74) is 1.64. The predicted molar refractivity (Wildman–Crippen MR) is 82.1 cm³/mol. The molecule has 2 rings (SSSR count). The first-order valence-electron chi connectivity index (χ1n) is 5.86. The largest absolute Gasteiger partial charge is 0.463 e. The van der Waals surface area contributed by atoms with E-state index in [0.29, 0.717) is 5.76 Å². The molecule has 1 aromatic carbocycles. The number of anilines is 1. The maximum atomic E-state index is 12.6. The molecule has 22 heavy (non-hydrogen) atoms. The van der Waals surface area contributed by atoms with Crippen LogP contribution in [-0.2, 0) is 6.18 Å². The van der Waals surface area contributed by atoms with Crippen LogP contribution in [0.25, 0.3) is 0 Å². The zero-order chi connectivity index (χ0) is 16.2. The second-order valence-electron chi connectivity index (χ2n) is 4.03. The number of rotatable bonds is 3. The molecule has 1 heterocycles. The van der Waals surface area contributed by atoms with Crippen LogP contribution in [0, 0.1) is 0 Å². The third kappa shape index (κ3) is 4.47. The normalized spacial score (nSPS) is 11.6. The number of nitrogens with one attached hydrogen (secondary N) is 2. The maximum absolute atomic E-state index is 12.6. The average molecular weight is 348 g/mol. The number of hydrazone groups is 1. The molecule has 2 N–H and O–H groups in total. The van der Waals surface area contributed by atoms with E-state index in [2.05, 4.69) is 15.8 Å². The minimum atomic E-state index is -4.46. The molecular weight excluding hydrogens is 339 g/mol. The Balaban J connectivity index is 2.02. The molecule has 0 fully saturated rings. The van der Waals surface area contributed by atoms with Gasteiger partial charge in [-0.2, -0.15) is 18.3 Å². The molecule has 4 nitrogen and oxygen atoms in total. The van der Waals surface area contributed by atoms with Crippen LogP contribution in [-0.4, -0.2) is 11.3 Å². The van der Waals surface area contributed by atoms with Crippen molar-refractivity contribution in [3.05, 3.63) is 52.9 Å². The van der Waals surface area contributed by atoms with Gasteiger partial charge in [-0.05, 0) is 42.5 Å². The van der Waals surface area contributed by atoms with Crippen LogP contribution >= 0.6 is 23.8 Å². The summed E-state index contributed by atoms with van der Waals surface area (Å²) in [7, 11) is 0. The van der Waals surface area contributed by atoms with E-state index in [4.69, 9.17) is 28.2 Å². The summed E-state index contributed by atoms with van der Waals surface area (Å²) in [6, 6.07) is 6.25. The van der Waals surface area contributed by atoms with Crippen molar-refractivity contribution in [2.45, 2.75) is 6.18 Å². The molecule has 0 saturated carbocycles. The Morgan fingerprint density at radius 3 is 2.73 bits per heavy atom. The van der Waals surface area contributed by atoms with Crippen molar-refractivity contribution in [1.29, 1.82) is 0 Å². The second kappa shape index (κ2) is 6.80. The van der Waals surface area contributed by atoms with Gasteiger partial charge in [0.05, 0.1) is 28.8 Å². The van der Waals surface area contributed by atoms with Gasteiger partial charge in [-0.1, -0.05) is 11.6 Å². The number of furan rings is 1. The lowest BCUT2D eigenvalue weighted by Gasteiger charge is -2.12. The Bertz CT molecular complexity index is 686. The van der Waals surface area contributed by atoms with E-state index in [1.165, 1.54) is 12.5 Å². The molecule has 0 radical (unpaired) electrons. The maximum Gasteiger partial charge on any atom is 0.416 e. The van der Waals surface area contributed by atoms with Crippen LogP contribution < -0.4 is 10.7 Å². The lowest BCUT2D eigenvalue weighted by atomic mass is 10.2. The zero-order valence-electron chi connectivity index (χ0n) is 10.8. The summed E-state index contributed by atoms with van der Waals surface area (Å²) in [5, 5.41) is 6.41. The average Bonchev–Trinajstić information content (AvgIpc) is 2.93. The lowest BCUT2D eigenvalue weighted by Crippen LogP contribution is -2.24. The first-order chi connectivity index (χ1) is 10.4. The van der Waals surface area contributed by atoms with E-state index in [9.17, 15) is 13.2 Å². The molecule has 0 bridgehead atoms. The molecule has 0 aliphatic carbocycles. The van der Waals surface area contributed by atoms with E-state index in [-0.39, 0.29) is 15.8 Å². The van der Waals surface area contributed by atoms with Crippen LogP contribution in [0.3, 0.4) is 0 Å². The Hall–Kier alpha value is -2.06. The van der Waals surface area contributed by atoms with Gasteiger partial charge >= 0.3 is 6.18 Å². The first-order valence-corrected chi connectivity index (χ1v) is 6.65. The smallest absolute Gasteiger partial charge is 0.416 e. The van der Waals surface area contributed by atoms with Gasteiger partial charge in [0.25, 0.3) is 0 Å². The molecule has 0 unspecified atom stereocenters. The summed E-state index contributed by atoms with van der Waals surface area (Å²) in [4.78, 5) is 0. The first kappa shape index (κ1) is 16.3. The number of nitrogens with zero attached hydrogens (tertiary/aromatic N) is 1. The number of benzene rings is 1. The van der Waals surface area contributed by atoms with E-state index in [1.54, 1.807) is 12.1 Å². The Kier molecular flexibility index (Phi) is 5.04. The van der Waals surface area contributed by atoms with E-state index in [1.807, 2.05) is 0 Å². The number of thiocarbonyl (C=S) groups is 1. The van der Waals surface area contributed by atoms with E-state index in [0.717, 1.165) is 18.2 Å². The standard InChI is InChI=1S/C13H9ClF3N3OS/c14-10-4-3-8(13(15,16)17)6-11(10)19-12(22)20-18-7-9-2-1-5-21-9/h1-7H,(H2,19,20,22)/b18-7-. The molecule has 0 saturated heterocycles. The molecular formula is C13H9ClF3N3OS. The van der Waals surface area contributed by atoms with Crippen LogP contribution in [0.1, 0.15) is 11.3 Å². The third-order valence-corrected chi connectivity index (χ3v) is 2.97. The fourth-order valence-corrected chi connectivity index (χ4v) is 1.79. The molecule has 0 aliphatic heterocycles. The highest BCUT2D eigenvalue weighted by Crippen LogP contribution is 2.33. The van der Waals surface area contributed by atoms with Gasteiger partial charge < -0.3 is 9.73 Å². The molecule has 0 spiro atoms. The number of alkyl halides is 3. The van der Waals surface area contributed by atoms with Crippen LogP contribution in [0.2, 0.25) is 5.02 Å². The molecule has 1 aromatic heterocycles. The fourth-order valence-electron chi connectivity index (χ4n) is 1.47. The van der Waals surface area contributed by atoms with Crippen molar-refractivity contribution < 1.29 is 17.6 Å². The number of hydrogen-bond acceptors (Lipinski definition) is 3. The summed E-state index contributed by atoms with van der Waals surface area (Å²) < 4.78 is 42.9. The van der Waals surface area contributed by atoms with Crippen molar-refractivity contribution in [3.63, 3.8) is 0 Å². The van der Waals surface area contributed by atoms with Gasteiger partial charge in [0.2, 0.25) is 0 Å². The molecule has 2 aromatic rings. The molecule has 0 aliphatic rings. The van der Waals surface area contributed by atoms with Crippen molar-refractivity contribution >= 4 is 40.8 Å². The second-order valence-corrected chi connectivity index (χ2v) is 4.85. The minimum absolute atomic E-state index is 0.0102. The lowest BCUT2D eigenvalue weighted by molar-refractivity contribution is -0.137. The Morgan fingerprint density at radius 1 is 1.32 bits per heavy atom. The van der Waals surface area contributed by atoms with Crippen LogP contribution in [0.4, 0.5) is 18.9 Å². The van der Waals surface area contributed by atoms with Gasteiger partial charge in [0, 0.05) is 0 Å². The summed E-state index contributed by atoms with van der Waals surface area (Å²) >= 11 is 10.8. The topological polar surface area (TPSA) is 49.6 Å². The minimum Gasteiger partial charge on any atom is -0.463 e. The third-order valence-electron chi connectivity index (χ3n) is 2.44. The Labute approximate surface area is 134 Å². The summed E-state index contributed by atoms with van der Waals surface area (Å²) in [6.45, 7) is 0. The summed E-state index contributed by atoms with van der Waals surface area (Å²) in [5.74, 6) is 0.493. The predicted octanol–water partition coefficient (Wildman–Crippen LogP) is 4.27. The molecule has 9 heteroatoms. The van der Waals surface area contributed by atoms with E-state index >= 15 is 0 Å². The van der Waals surface area contributed by atoms with Gasteiger partial charge in [0.1, 0.15) is 5.76 Å². The van der Waals surface area contributed by atoms with Gasteiger partial charge in [0.15, 0.2) is 5.11 Å². The van der Waals surface area contributed by atoms with Crippen molar-refractivity contribution in [1.82, 2.24) is 5.43 Å². The number of hydrogen-bond donors (Lipinski definition) is 2. The molecule has 116 valence electrons. The van der Waals surface area contributed by atoms with Crippen LogP contribution in [0.15, 0.2) is 46.1 Å². The highest BCUT2D eigenvalue weighted by atomic mass is 35.5. The quantitative estimate of drug-likeness (QED) is 0.494. The van der Waals surface area contributed by atoms with Crippen molar-refractivity contribution in [3.8, 4) is 0 Å². The van der Waals surface area contributed by atoms with Gasteiger partial charge in [-0.3, -0.25) is 5.43 Å². The molecule has 0 atom stereocenters. The zero-order valence-corrected chi connectivity index (χ0v) is 12.4.